The first-order valence-electron chi connectivity index (χ1n) is 7.36. The minimum atomic E-state index is 0.322. The second-order valence-corrected chi connectivity index (χ2v) is 6.33. The van der Waals surface area contributed by atoms with E-state index in [2.05, 4.69) is 49.1 Å². The maximum atomic E-state index is 8.82. The summed E-state index contributed by atoms with van der Waals surface area (Å²) >= 11 is 0. The van der Waals surface area contributed by atoms with Gasteiger partial charge in [0.1, 0.15) is 0 Å². The molecule has 100 valence electrons. The summed E-state index contributed by atoms with van der Waals surface area (Å²) in [5.74, 6) is 0.676. The van der Waals surface area contributed by atoms with Crippen molar-refractivity contribution in [3.05, 3.63) is 35.4 Å². The van der Waals surface area contributed by atoms with E-state index in [1.807, 2.05) is 0 Å². The lowest BCUT2D eigenvalue weighted by atomic mass is 9.59. The van der Waals surface area contributed by atoms with E-state index in [9.17, 15) is 0 Å². The Morgan fingerprint density at radius 2 is 2.21 bits per heavy atom. The summed E-state index contributed by atoms with van der Waals surface area (Å²) in [6, 6.07) is 11.9. The Morgan fingerprint density at radius 3 is 3.00 bits per heavy atom. The second kappa shape index (κ2) is 4.65. The van der Waals surface area contributed by atoms with Crippen molar-refractivity contribution < 1.29 is 0 Å². The molecule has 3 atom stereocenters. The maximum absolute atomic E-state index is 8.82. The topological polar surface area (TPSA) is 27.0 Å². The van der Waals surface area contributed by atoms with E-state index in [0.29, 0.717) is 23.8 Å². The van der Waals surface area contributed by atoms with E-state index >= 15 is 0 Å². The SMILES string of the molecule is C[C@@H]1[C@H]2Cc3ccccc3[C@]1(C)CCN2CCC#N. The van der Waals surface area contributed by atoms with Crippen LogP contribution in [0.15, 0.2) is 24.3 Å². The molecule has 2 bridgehead atoms. The molecule has 19 heavy (non-hydrogen) atoms. The van der Waals surface area contributed by atoms with Crippen molar-refractivity contribution in [1.82, 2.24) is 4.90 Å². The lowest BCUT2D eigenvalue weighted by molar-refractivity contribution is 0.0331. The summed E-state index contributed by atoms with van der Waals surface area (Å²) in [6.07, 6.45) is 3.02. The molecule has 1 saturated heterocycles. The van der Waals surface area contributed by atoms with Gasteiger partial charge in [0.05, 0.1) is 6.07 Å². The van der Waals surface area contributed by atoms with Crippen molar-refractivity contribution in [2.45, 2.75) is 44.6 Å². The molecule has 0 amide bonds. The number of likely N-dealkylation sites (tertiary alicyclic amines) is 1. The molecule has 1 fully saturated rings. The molecule has 0 N–H and O–H groups in total. The number of hydrogen-bond donors (Lipinski definition) is 0. The van der Waals surface area contributed by atoms with E-state index in [1.165, 1.54) is 12.0 Å². The predicted octanol–water partition coefficient (Wildman–Crippen LogP) is 3.12. The van der Waals surface area contributed by atoms with Gasteiger partial charge < -0.3 is 0 Å². The average molecular weight is 254 g/mol. The van der Waals surface area contributed by atoms with Gasteiger partial charge in [-0.25, -0.2) is 0 Å². The molecule has 3 rings (SSSR count). The number of rotatable bonds is 2. The zero-order valence-corrected chi connectivity index (χ0v) is 11.9. The summed E-state index contributed by atoms with van der Waals surface area (Å²) in [5, 5.41) is 8.82. The van der Waals surface area contributed by atoms with Gasteiger partial charge in [0.2, 0.25) is 0 Å². The molecule has 2 aliphatic rings. The zero-order chi connectivity index (χ0) is 13.5. The Hall–Kier alpha value is -1.33. The van der Waals surface area contributed by atoms with Gasteiger partial charge in [-0.1, -0.05) is 38.1 Å². The minimum absolute atomic E-state index is 0.322. The molecule has 2 heteroatoms. The highest BCUT2D eigenvalue weighted by Crippen LogP contribution is 2.48. The summed E-state index contributed by atoms with van der Waals surface area (Å²) in [4.78, 5) is 2.55. The van der Waals surface area contributed by atoms with Crippen molar-refractivity contribution in [2.24, 2.45) is 5.92 Å². The van der Waals surface area contributed by atoms with Gasteiger partial charge in [-0.05, 0) is 41.8 Å². The molecule has 0 aromatic heterocycles. The average Bonchev–Trinajstić information content (AvgIpc) is 2.42. The molecule has 1 aliphatic carbocycles. The molecule has 1 aromatic rings. The molecule has 0 radical (unpaired) electrons. The highest BCUT2D eigenvalue weighted by molar-refractivity contribution is 5.39. The molecule has 1 aliphatic heterocycles. The van der Waals surface area contributed by atoms with Gasteiger partial charge in [-0.3, -0.25) is 4.90 Å². The Morgan fingerprint density at radius 1 is 1.42 bits per heavy atom. The van der Waals surface area contributed by atoms with Crippen LogP contribution in [0.5, 0.6) is 0 Å². The molecule has 2 nitrogen and oxygen atoms in total. The Balaban J connectivity index is 1.96. The number of nitriles is 1. The molecular weight excluding hydrogens is 232 g/mol. The minimum Gasteiger partial charge on any atom is -0.299 e. The van der Waals surface area contributed by atoms with Crippen LogP contribution in [0.2, 0.25) is 0 Å². The van der Waals surface area contributed by atoms with Crippen molar-refractivity contribution in [2.75, 3.05) is 13.1 Å². The highest BCUT2D eigenvalue weighted by Gasteiger charge is 2.47. The summed E-state index contributed by atoms with van der Waals surface area (Å²) < 4.78 is 0. The van der Waals surface area contributed by atoms with Gasteiger partial charge in [-0.15, -0.1) is 0 Å². The number of piperidine rings is 1. The largest absolute Gasteiger partial charge is 0.299 e. The lowest BCUT2D eigenvalue weighted by Gasteiger charge is -2.54. The monoisotopic (exact) mass is 254 g/mol. The second-order valence-electron chi connectivity index (χ2n) is 6.33. The Labute approximate surface area is 116 Å². The van der Waals surface area contributed by atoms with Crippen LogP contribution in [0.25, 0.3) is 0 Å². The van der Waals surface area contributed by atoms with Gasteiger partial charge in [0, 0.05) is 19.0 Å². The third kappa shape index (κ3) is 1.88. The van der Waals surface area contributed by atoms with E-state index in [4.69, 9.17) is 5.26 Å². The third-order valence-corrected chi connectivity index (χ3v) is 5.54. The third-order valence-electron chi connectivity index (χ3n) is 5.54. The van der Waals surface area contributed by atoms with E-state index < -0.39 is 0 Å². The van der Waals surface area contributed by atoms with E-state index in [0.717, 1.165) is 19.5 Å². The fraction of sp³-hybridized carbons (Fsp3) is 0.588. The van der Waals surface area contributed by atoms with Crippen LogP contribution in [-0.2, 0) is 11.8 Å². The first kappa shape index (κ1) is 12.7. The van der Waals surface area contributed by atoms with Crippen LogP contribution in [0.1, 0.15) is 37.8 Å². The molecule has 0 saturated carbocycles. The zero-order valence-electron chi connectivity index (χ0n) is 11.9. The van der Waals surface area contributed by atoms with E-state index in [1.54, 1.807) is 5.56 Å². The van der Waals surface area contributed by atoms with Crippen LogP contribution < -0.4 is 0 Å². The van der Waals surface area contributed by atoms with Crippen LogP contribution in [0, 0.1) is 17.2 Å². The molecule has 1 aromatic carbocycles. The van der Waals surface area contributed by atoms with Crippen LogP contribution in [0.3, 0.4) is 0 Å². The van der Waals surface area contributed by atoms with Crippen LogP contribution >= 0.6 is 0 Å². The number of benzene rings is 1. The number of hydrogen-bond acceptors (Lipinski definition) is 2. The smallest absolute Gasteiger partial charge is 0.0635 e. The van der Waals surface area contributed by atoms with Gasteiger partial charge in [0.15, 0.2) is 0 Å². The fourth-order valence-corrected chi connectivity index (χ4v) is 4.15. The van der Waals surface area contributed by atoms with Gasteiger partial charge in [-0.2, -0.15) is 5.26 Å². The molecule has 0 spiro atoms. The van der Waals surface area contributed by atoms with Crippen LogP contribution in [-0.4, -0.2) is 24.0 Å². The predicted molar refractivity (Wildman–Crippen MR) is 76.9 cm³/mol. The van der Waals surface area contributed by atoms with Crippen LogP contribution in [0.4, 0.5) is 0 Å². The molecule has 0 unspecified atom stereocenters. The highest BCUT2D eigenvalue weighted by atomic mass is 15.2. The quantitative estimate of drug-likeness (QED) is 0.810. The first-order chi connectivity index (χ1) is 9.16. The Bertz CT molecular complexity index is 516. The summed E-state index contributed by atoms with van der Waals surface area (Å²) in [5.41, 5.74) is 3.41. The van der Waals surface area contributed by atoms with Crippen molar-refractivity contribution in [3.8, 4) is 6.07 Å². The van der Waals surface area contributed by atoms with E-state index in [-0.39, 0.29) is 0 Å². The number of nitrogens with zero attached hydrogens (tertiary/aromatic N) is 2. The molecule has 1 heterocycles. The lowest BCUT2D eigenvalue weighted by Crippen LogP contribution is -2.58. The van der Waals surface area contributed by atoms with Gasteiger partial charge in [0.25, 0.3) is 0 Å². The van der Waals surface area contributed by atoms with Crippen molar-refractivity contribution in [3.63, 3.8) is 0 Å². The molecular formula is C17H22N2. The number of fused-ring (bicyclic) bond motifs is 4. The fourth-order valence-electron chi connectivity index (χ4n) is 4.15. The standard InChI is InChI=1S/C17H22N2/c1-13-16-12-14-6-3-4-7-15(14)17(13,2)8-11-19(16)10-5-9-18/h3-4,6-7,13,16H,5,8,10-12H2,1-2H3/t13-,16-,17-/m1/s1. The van der Waals surface area contributed by atoms with Crippen molar-refractivity contribution >= 4 is 0 Å². The maximum Gasteiger partial charge on any atom is 0.0635 e. The summed E-state index contributed by atoms with van der Waals surface area (Å²) in [6.45, 7) is 6.91. The normalized spacial score (nSPS) is 33.5. The van der Waals surface area contributed by atoms with Crippen molar-refractivity contribution in [1.29, 1.82) is 5.26 Å². The Kier molecular flexibility index (Phi) is 3.11. The van der Waals surface area contributed by atoms with Gasteiger partial charge >= 0.3 is 0 Å². The summed E-state index contributed by atoms with van der Waals surface area (Å²) in [7, 11) is 0. The first-order valence-corrected chi connectivity index (χ1v) is 7.36.